The van der Waals surface area contributed by atoms with E-state index in [0.29, 0.717) is 0 Å². The lowest BCUT2D eigenvalue weighted by molar-refractivity contribution is -0.131. The Bertz CT molecular complexity index is 938. The summed E-state index contributed by atoms with van der Waals surface area (Å²) in [6, 6.07) is 0.778. The lowest BCUT2D eigenvalue weighted by Gasteiger charge is -2.28. The van der Waals surface area contributed by atoms with Gasteiger partial charge < -0.3 is 25.0 Å². The van der Waals surface area contributed by atoms with Gasteiger partial charge in [0.2, 0.25) is 11.8 Å². The summed E-state index contributed by atoms with van der Waals surface area (Å²) < 4.78 is 49.4. The lowest BCUT2D eigenvalue weighted by atomic mass is 9.97. The van der Waals surface area contributed by atoms with E-state index in [0.717, 1.165) is 17.9 Å². The molecule has 0 aliphatic carbocycles. The van der Waals surface area contributed by atoms with E-state index in [1.807, 2.05) is 0 Å². The molecule has 33 heavy (non-hydrogen) atoms. The van der Waals surface area contributed by atoms with E-state index in [9.17, 15) is 27.6 Å². The van der Waals surface area contributed by atoms with Crippen molar-refractivity contribution in [2.75, 3.05) is 44.8 Å². The molecular formula is C22H28F3N3O5. The quantitative estimate of drug-likeness (QED) is 0.568. The van der Waals surface area contributed by atoms with Crippen LogP contribution in [-0.2, 0) is 14.3 Å². The fraction of sp³-hybridized carbons (Fsp3) is 0.500. The van der Waals surface area contributed by atoms with Gasteiger partial charge in [-0.15, -0.1) is 0 Å². The molecule has 0 fully saturated rings. The van der Waals surface area contributed by atoms with Gasteiger partial charge in [-0.2, -0.15) is 0 Å². The van der Waals surface area contributed by atoms with Crippen LogP contribution < -0.4 is 10.2 Å². The van der Waals surface area contributed by atoms with Gasteiger partial charge in [0.1, 0.15) is 5.82 Å². The predicted octanol–water partition coefficient (Wildman–Crippen LogP) is 2.45. The summed E-state index contributed by atoms with van der Waals surface area (Å²) in [5.74, 6) is -5.10. The summed E-state index contributed by atoms with van der Waals surface area (Å²) in [6.07, 6.45) is 0.823. The lowest BCUT2D eigenvalue weighted by Crippen LogP contribution is -2.38. The number of benzene rings is 1. The molecule has 8 nitrogen and oxygen atoms in total. The molecule has 1 aromatic carbocycles. The second-order valence-electron chi connectivity index (χ2n) is 7.78. The molecule has 0 radical (unpaired) electrons. The van der Waals surface area contributed by atoms with E-state index >= 15 is 0 Å². The molecule has 1 aliphatic rings. The zero-order chi connectivity index (χ0) is 24.7. The molecule has 2 rings (SSSR count). The van der Waals surface area contributed by atoms with Gasteiger partial charge in [-0.05, 0) is 17.9 Å². The van der Waals surface area contributed by atoms with Gasteiger partial charge in [-0.3, -0.25) is 9.59 Å². The Balaban J connectivity index is 2.28. The van der Waals surface area contributed by atoms with E-state index in [-0.39, 0.29) is 63.0 Å². The smallest absolute Gasteiger partial charge is 0.406 e. The van der Waals surface area contributed by atoms with Crippen LogP contribution in [0.4, 0.5) is 23.7 Å². The third-order valence-corrected chi connectivity index (χ3v) is 5.29. The fourth-order valence-electron chi connectivity index (χ4n) is 3.55. The van der Waals surface area contributed by atoms with Crippen LogP contribution in [0.1, 0.15) is 32.3 Å². The molecular weight excluding hydrogens is 443 g/mol. The molecule has 2 N–H and O–H groups in total. The van der Waals surface area contributed by atoms with Crippen molar-refractivity contribution in [2.24, 2.45) is 5.92 Å². The number of carbonyl (C=O) groups excluding carboxylic acids is 3. The highest BCUT2D eigenvalue weighted by Gasteiger charge is 2.28. The Hall–Kier alpha value is -3.08. The van der Waals surface area contributed by atoms with E-state index in [1.165, 1.54) is 18.1 Å². The predicted molar refractivity (Wildman–Crippen MR) is 115 cm³/mol. The highest BCUT2D eigenvalue weighted by atomic mass is 19.2. The number of carbonyl (C=O) groups is 3. The summed E-state index contributed by atoms with van der Waals surface area (Å²) in [5, 5.41) is 11.3. The van der Waals surface area contributed by atoms with Crippen LogP contribution in [0.15, 0.2) is 12.1 Å². The number of hydrogen-bond donors (Lipinski definition) is 2. The molecule has 3 amide bonds. The van der Waals surface area contributed by atoms with Crippen molar-refractivity contribution in [3.8, 4) is 0 Å². The monoisotopic (exact) mass is 471 g/mol. The van der Waals surface area contributed by atoms with E-state index in [4.69, 9.17) is 5.11 Å². The normalized spacial score (nSPS) is 14.4. The van der Waals surface area contributed by atoms with Gasteiger partial charge in [0.25, 0.3) is 0 Å². The minimum absolute atomic E-state index is 0.0519. The van der Waals surface area contributed by atoms with Crippen molar-refractivity contribution in [2.45, 2.75) is 26.7 Å². The first-order valence-corrected chi connectivity index (χ1v) is 10.5. The van der Waals surface area contributed by atoms with Crippen LogP contribution in [0.2, 0.25) is 0 Å². The Labute approximate surface area is 190 Å². The van der Waals surface area contributed by atoms with Gasteiger partial charge in [-0.25, -0.2) is 18.0 Å². The van der Waals surface area contributed by atoms with Gasteiger partial charge in [-0.1, -0.05) is 13.0 Å². The average Bonchev–Trinajstić information content (AvgIpc) is 2.78. The molecule has 11 heteroatoms. The van der Waals surface area contributed by atoms with Gasteiger partial charge >= 0.3 is 6.09 Å². The summed E-state index contributed by atoms with van der Waals surface area (Å²) in [5.41, 5.74) is -0.856. The fourth-order valence-corrected chi connectivity index (χ4v) is 3.55. The first-order valence-electron chi connectivity index (χ1n) is 10.5. The standard InChI is InChI=1S/C22H28F3N3O5/c1-13(11-26-22(32)33-3)12-28(14(2)30)17-10-16(23)19(21(25)20(17)24)15-4-7-27(8-5-15)18(31)6-9-29/h4,10,13,29H,5-9,11-12H2,1-3H3,(H,26,32). The van der Waals surface area contributed by atoms with Crippen LogP contribution in [-0.4, -0.2) is 67.8 Å². The first kappa shape index (κ1) is 26.2. The molecule has 0 spiro atoms. The Morgan fingerprint density at radius 3 is 2.52 bits per heavy atom. The number of anilines is 1. The number of rotatable bonds is 8. The molecule has 1 aromatic rings. The number of aliphatic hydroxyl groups excluding tert-OH is 1. The number of nitrogens with one attached hydrogen (secondary N) is 1. The minimum atomic E-state index is -1.42. The maximum Gasteiger partial charge on any atom is 0.406 e. The largest absolute Gasteiger partial charge is 0.453 e. The number of halogens is 3. The van der Waals surface area contributed by atoms with Crippen LogP contribution in [0.5, 0.6) is 0 Å². The van der Waals surface area contributed by atoms with E-state index in [2.05, 4.69) is 10.1 Å². The zero-order valence-corrected chi connectivity index (χ0v) is 18.8. The Morgan fingerprint density at radius 2 is 1.97 bits per heavy atom. The number of alkyl carbamates (subject to hydrolysis) is 1. The van der Waals surface area contributed by atoms with Crippen molar-refractivity contribution >= 4 is 29.2 Å². The van der Waals surface area contributed by atoms with Gasteiger partial charge in [0, 0.05) is 45.6 Å². The van der Waals surface area contributed by atoms with Crippen LogP contribution >= 0.6 is 0 Å². The summed E-state index contributed by atoms with van der Waals surface area (Å²) in [4.78, 5) is 37.6. The minimum Gasteiger partial charge on any atom is -0.453 e. The number of amides is 3. The van der Waals surface area contributed by atoms with Crippen LogP contribution in [0, 0.1) is 23.4 Å². The average molecular weight is 471 g/mol. The van der Waals surface area contributed by atoms with Gasteiger partial charge in [0.15, 0.2) is 11.6 Å². The molecule has 0 bridgehead atoms. The van der Waals surface area contributed by atoms with E-state index < -0.39 is 40.7 Å². The molecule has 0 aromatic heterocycles. The highest BCUT2D eigenvalue weighted by molar-refractivity contribution is 5.92. The molecule has 1 aliphatic heterocycles. The number of hydrogen-bond acceptors (Lipinski definition) is 5. The Morgan fingerprint density at radius 1 is 1.27 bits per heavy atom. The van der Waals surface area contributed by atoms with Crippen molar-refractivity contribution in [3.05, 3.63) is 35.2 Å². The maximum atomic E-state index is 15.0. The number of methoxy groups -OCH3 is 1. The zero-order valence-electron chi connectivity index (χ0n) is 18.8. The Kier molecular flexibility index (Phi) is 9.27. The molecule has 0 saturated carbocycles. The second-order valence-corrected chi connectivity index (χ2v) is 7.78. The number of aliphatic hydroxyl groups is 1. The van der Waals surface area contributed by atoms with Crippen LogP contribution in [0.3, 0.4) is 0 Å². The first-order chi connectivity index (χ1) is 15.6. The molecule has 0 saturated heterocycles. The molecule has 1 unspecified atom stereocenters. The number of nitrogens with zero attached hydrogens (tertiary/aromatic N) is 2. The SMILES string of the molecule is COC(=O)NCC(C)CN(C(C)=O)c1cc(F)c(C2=CCN(C(=O)CCO)CC2)c(F)c1F. The number of ether oxygens (including phenoxy) is 1. The third-order valence-electron chi connectivity index (χ3n) is 5.29. The maximum absolute atomic E-state index is 15.0. The topological polar surface area (TPSA) is 99.2 Å². The summed E-state index contributed by atoms with van der Waals surface area (Å²) in [6.45, 7) is 2.77. The molecule has 1 heterocycles. The van der Waals surface area contributed by atoms with Crippen molar-refractivity contribution in [3.63, 3.8) is 0 Å². The highest BCUT2D eigenvalue weighted by Crippen LogP contribution is 2.34. The third kappa shape index (κ3) is 6.47. The molecule has 182 valence electrons. The molecule has 1 atom stereocenters. The summed E-state index contributed by atoms with van der Waals surface area (Å²) in [7, 11) is 1.19. The van der Waals surface area contributed by atoms with Crippen LogP contribution in [0.25, 0.3) is 5.57 Å². The summed E-state index contributed by atoms with van der Waals surface area (Å²) >= 11 is 0. The van der Waals surface area contributed by atoms with Crippen molar-refractivity contribution in [1.29, 1.82) is 0 Å². The van der Waals surface area contributed by atoms with Crippen molar-refractivity contribution in [1.82, 2.24) is 10.2 Å². The van der Waals surface area contributed by atoms with E-state index in [1.54, 1.807) is 6.92 Å². The second kappa shape index (κ2) is 11.7. The van der Waals surface area contributed by atoms with Crippen molar-refractivity contribution < 1.29 is 37.4 Å². The van der Waals surface area contributed by atoms with Gasteiger partial charge in [0.05, 0.1) is 25.0 Å².